The number of hydrogen-bond donors (Lipinski definition) is 3. The third kappa shape index (κ3) is 4.23. The first-order chi connectivity index (χ1) is 8.71. The molecule has 4 N–H and O–H groups in total. The largest absolute Gasteiger partial charge is 0.495 e. The Balaban J connectivity index is 2.80. The molecule has 0 fully saturated rings. The number of aryl methyl sites for hydroxylation is 1. The van der Waals surface area contributed by atoms with Crippen molar-refractivity contribution in [3.63, 3.8) is 0 Å². The second-order valence-electron chi connectivity index (χ2n) is 3.70. The van der Waals surface area contributed by atoms with Crippen LogP contribution in [0.3, 0.4) is 0 Å². The van der Waals surface area contributed by atoms with Gasteiger partial charge in [-0.05, 0) is 24.6 Å². The molecular weight excluding hydrogens is 232 g/mol. The van der Waals surface area contributed by atoms with E-state index in [1.165, 1.54) is 0 Å². The van der Waals surface area contributed by atoms with Gasteiger partial charge in [0.2, 0.25) is 5.96 Å². The van der Waals surface area contributed by atoms with Crippen molar-refractivity contribution in [2.45, 2.75) is 6.92 Å². The van der Waals surface area contributed by atoms with Crippen molar-refractivity contribution in [2.24, 2.45) is 10.8 Å². The summed E-state index contributed by atoms with van der Waals surface area (Å²) in [6, 6.07) is 5.82. The number of ether oxygens (including phenoxy) is 2. The molecule has 0 saturated carbocycles. The lowest BCUT2D eigenvalue weighted by molar-refractivity contribution is 0.208. The van der Waals surface area contributed by atoms with Gasteiger partial charge in [-0.3, -0.25) is 5.43 Å². The number of guanidine groups is 1. The molecule has 0 saturated heterocycles. The smallest absolute Gasteiger partial charge is 0.210 e. The van der Waals surface area contributed by atoms with Crippen LogP contribution in [0.25, 0.3) is 0 Å². The molecule has 100 valence electrons. The first-order valence-electron chi connectivity index (χ1n) is 5.63. The first kappa shape index (κ1) is 14.3. The highest BCUT2D eigenvalue weighted by Crippen LogP contribution is 2.24. The lowest BCUT2D eigenvalue weighted by atomic mass is 10.2. The molecule has 0 atom stereocenters. The average Bonchev–Trinajstić information content (AvgIpc) is 2.38. The maximum Gasteiger partial charge on any atom is 0.210 e. The summed E-state index contributed by atoms with van der Waals surface area (Å²) in [7, 11) is 3.25. The zero-order valence-corrected chi connectivity index (χ0v) is 11.0. The molecule has 0 spiro atoms. The van der Waals surface area contributed by atoms with Crippen molar-refractivity contribution in [1.29, 1.82) is 0 Å². The molecule has 0 radical (unpaired) electrons. The molecule has 6 nitrogen and oxygen atoms in total. The Morgan fingerprint density at radius 3 is 2.78 bits per heavy atom. The first-order valence-corrected chi connectivity index (χ1v) is 5.63. The summed E-state index contributed by atoms with van der Waals surface area (Å²) >= 11 is 0. The van der Waals surface area contributed by atoms with Crippen molar-refractivity contribution in [3.05, 3.63) is 23.8 Å². The van der Waals surface area contributed by atoms with Gasteiger partial charge in [0.15, 0.2) is 0 Å². The number of nitrogens with one attached hydrogen (secondary N) is 2. The summed E-state index contributed by atoms with van der Waals surface area (Å²) in [5.41, 5.74) is 4.44. The van der Waals surface area contributed by atoms with Crippen LogP contribution in [0.15, 0.2) is 23.2 Å². The van der Waals surface area contributed by atoms with E-state index in [1.54, 1.807) is 14.2 Å². The van der Waals surface area contributed by atoms with Gasteiger partial charge in [0.25, 0.3) is 0 Å². The third-order valence-corrected chi connectivity index (χ3v) is 2.31. The van der Waals surface area contributed by atoms with Crippen molar-refractivity contribution in [1.82, 2.24) is 5.43 Å². The number of nitrogens with two attached hydrogens (primary N) is 1. The number of aliphatic imine (C=N–C) groups is 1. The normalized spacial score (nSPS) is 11.2. The maximum atomic E-state index is 5.41. The summed E-state index contributed by atoms with van der Waals surface area (Å²) in [6.07, 6.45) is 0. The van der Waals surface area contributed by atoms with Gasteiger partial charge in [-0.15, -0.1) is 0 Å². The zero-order valence-electron chi connectivity index (χ0n) is 11.0. The zero-order chi connectivity index (χ0) is 13.4. The number of rotatable bonds is 5. The fourth-order valence-corrected chi connectivity index (χ4v) is 1.42. The number of nitrogens with zero attached hydrogens (tertiary/aromatic N) is 1. The molecule has 0 heterocycles. The summed E-state index contributed by atoms with van der Waals surface area (Å²) in [5, 5.41) is 3.08. The molecule has 6 heteroatoms. The molecule has 0 unspecified atom stereocenters. The number of hydrogen-bond acceptors (Lipinski definition) is 4. The molecule has 0 aliphatic rings. The van der Waals surface area contributed by atoms with Gasteiger partial charge >= 0.3 is 0 Å². The Hall–Kier alpha value is -1.79. The molecule has 1 aromatic carbocycles. The SMILES string of the molecule is COCCN=C(NN)Nc1cc(C)ccc1OC. The molecule has 1 rings (SSSR count). The van der Waals surface area contributed by atoms with E-state index in [1.807, 2.05) is 25.1 Å². The second-order valence-corrected chi connectivity index (χ2v) is 3.70. The molecule has 1 aromatic rings. The molecular formula is C12H20N4O2. The molecule has 0 aromatic heterocycles. The van der Waals surface area contributed by atoms with Crippen LogP contribution in [0.5, 0.6) is 5.75 Å². The van der Waals surface area contributed by atoms with Gasteiger partial charge < -0.3 is 14.8 Å². The van der Waals surface area contributed by atoms with E-state index in [2.05, 4.69) is 15.7 Å². The van der Waals surface area contributed by atoms with Crippen LogP contribution in [0, 0.1) is 6.92 Å². The summed E-state index contributed by atoms with van der Waals surface area (Å²) in [4.78, 5) is 4.22. The predicted molar refractivity (Wildman–Crippen MR) is 72.9 cm³/mol. The molecule has 0 amide bonds. The van der Waals surface area contributed by atoms with E-state index in [0.29, 0.717) is 19.1 Å². The molecule has 0 aliphatic carbocycles. The van der Waals surface area contributed by atoms with Gasteiger partial charge in [0, 0.05) is 7.11 Å². The summed E-state index contributed by atoms with van der Waals surface area (Å²) in [6.45, 7) is 3.07. The topological polar surface area (TPSA) is 80.9 Å². The number of anilines is 1. The molecule has 18 heavy (non-hydrogen) atoms. The van der Waals surface area contributed by atoms with E-state index < -0.39 is 0 Å². The monoisotopic (exact) mass is 252 g/mol. The number of hydrazine groups is 1. The van der Waals surface area contributed by atoms with E-state index in [9.17, 15) is 0 Å². The third-order valence-electron chi connectivity index (χ3n) is 2.31. The van der Waals surface area contributed by atoms with Crippen molar-refractivity contribution >= 4 is 11.6 Å². The maximum absolute atomic E-state index is 5.41. The Bertz CT molecular complexity index is 407. The van der Waals surface area contributed by atoms with Crippen LogP contribution in [0.4, 0.5) is 5.69 Å². The highest BCUT2D eigenvalue weighted by atomic mass is 16.5. The Morgan fingerprint density at radius 1 is 1.39 bits per heavy atom. The van der Waals surface area contributed by atoms with Crippen molar-refractivity contribution < 1.29 is 9.47 Å². The van der Waals surface area contributed by atoms with Crippen LogP contribution in [-0.2, 0) is 4.74 Å². The van der Waals surface area contributed by atoms with Crippen LogP contribution in [0.1, 0.15) is 5.56 Å². The van der Waals surface area contributed by atoms with Gasteiger partial charge in [0.05, 0.1) is 25.9 Å². The summed E-state index contributed by atoms with van der Waals surface area (Å²) in [5.74, 6) is 6.61. The highest BCUT2D eigenvalue weighted by molar-refractivity contribution is 5.94. The second kappa shape index (κ2) is 7.52. The van der Waals surface area contributed by atoms with Crippen molar-refractivity contribution in [3.8, 4) is 5.75 Å². The lowest BCUT2D eigenvalue weighted by Gasteiger charge is -2.13. The fourth-order valence-electron chi connectivity index (χ4n) is 1.42. The Kier molecular flexibility index (Phi) is 5.96. The van der Waals surface area contributed by atoms with Crippen LogP contribution in [-0.4, -0.2) is 33.3 Å². The summed E-state index contributed by atoms with van der Waals surface area (Å²) < 4.78 is 10.2. The van der Waals surface area contributed by atoms with Gasteiger partial charge in [-0.1, -0.05) is 6.07 Å². The van der Waals surface area contributed by atoms with Crippen LogP contribution >= 0.6 is 0 Å². The highest BCUT2D eigenvalue weighted by Gasteiger charge is 2.05. The minimum atomic E-state index is 0.468. The van der Waals surface area contributed by atoms with E-state index in [0.717, 1.165) is 17.0 Å². The predicted octanol–water partition coefficient (Wildman–Crippen LogP) is 0.881. The Morgan fingerprint density at radius 2 is 2.17 bits per heavy atom. The van der Waals surface area contributed by atoms with Gasteiger partial charge in [-0.2, -0.15) is 0 Å². The van der Waals surface area contributed by atoms with E-state index >= 15 is 0 Å². The van der Waals surface area contributed by atoms with Gasteiger partial charge in [-0.25, -0.2) is 10.8 Å². The Labute approximate surface area is 107 Å². The number of methoxy groups -OCH3 is 2. The minimum absolute atomic E-state index is 0.468. The minimum Gasteiger partial charge on any atom is -0.495 e. The van der Waals surface area contributed by atoms with E-state index in [4.69, 9.17) is 15.3 Å². The average molecular weight is 252 g/mol. The molecule has 0 aliphatic heterocycles. The lowest BCUT2D eigenvalue weighted by Crippen LogP contribution is -2.36. The fraction of sp³-hybridized carbons (Fsp3) is 0.417. The quantitative estimate of drug-likeness (QED) is 0.238. The standard InChI is InChI=1S/C12H20N4O2/c1-9-4-5-11(18-3)10(8-9)15-12(16-13)14-6-7-17-2/h4-5,8H,6-7,13H2,1-3H3,(H2,14,15,16). The molecule has 0 bridgehead atoms. The van der Waals surface area contributed by atoms with Gasteiger partial charge in [0.1, 0.15) is 5.75 Å². The van der Waals surface area contributed by atoms with Crippen LogP contribution in [0.2, 0.25) is 0 Å². The van der Waals surface area contributed by atoms with E-state index in [-0.39, 0.29) is 0 Å². The number of benzene rings is 1. The van der Waals surface area contributed by atoms with Crippen molar-refractivity contribution in [2.75, 3.05) is 32.7 Å². The van der Waals surface area contributed by atoms with Crippen LogP contribution < -0.4 is 21.3 Å².